The normalized spacial score (nSPS) is 16.3. The second-order valence-corrected chi connectivity index (χ2v) is 7.62. The second-order valence-electron chi connectivity index (χ2n) is 7.62. The fraction of sp³-hybridized carbons (Fsp3) is 0.368. The maximum atomic E-state index is 15.5. The minimum atomic E-state index is -3.46. The summed E-state index contributed by atoms with van der Waals surface area (Å²) in [5.41, 5.74) is 9.92. The molecule has 14 heteroatoms. The van der Waals surface area contributed by atoms with E-state index in [0.29, 0.717) is 30.9 Å². The summed E-state index contributed by atoms with van der Waals surface area (Å²) in [5, 5.41) is 19.6. The molecule has 0 aliphatic carbocycles. The van der Waals surface area contributed by atoms with E-state index in [9.17, 15) is 0 Å². The number of hydrogen-bond donors (Lipinski definition) is 0. The summed E-state index contributed by atoms with van der Waals surface area (Å²) < 4.78 is 37.0. The van der Waals surface area contributed by atoms with Gasteiger partial charge in [0.25, 0.3) is 0 Å². The van der Waals surface area contributed by atoms with E-state index in [1.54, 1.807) is 17.9 Å². The average Bonchev–Trinajstić information content (AvgIpc) is 3.55. The zero-order chi connectivity index (χ0) is 23.0. The molecule has 0 bridgehead atoms. The van der Waals surface area contributed by atoms with Gasteiger partial charge < -0.3 is 4.90 Å². The van der Waals surface area contributed by atoms with Crippen LogP contribution in [0.5, 0.6) is 0 Å². The van der Waals surface area contributed by atoms with Crippen molar-refractivity contribution < 1.29 is 13.4 Å². The van der Waals surface area contributed by atoms with Gasteiger partial charge in [-0.1, -0.05) is 51.0 Å². The van der Waals surface area contributed by atoms with Crippen LogP contribution in [-0.4, -0.2) is 54.4 Å². The van der Waals surface area contributed by atoms with Crippen LogP contribution in [0, 0.1) is 6.92 Å². The predicted octanol–water partition coefficient (Wildman–Crippen LogP) is 2.99. The molecule has 1 fully saturated rings. The molecule has 4 aromatic rings. The van der Waals surface area contributed by atoms with Crippen LogP contribution in [0.15, 0.2) is 40.1 Å². The summed E-state index contributed by atoms with van der Waals surface area (Å²) in [6.07, 6.45) is 0.567. The Morgan fingerprint density at radius 3 is 2.79 bits per heavy atom. The van der Waals surface area contributed by atoms with E-state index in [-0.39, 0.29) is 35.1 Å². The number of fused-ring (bicyclic) bond motifs is 1. The van der Waals surface area contributed by atoms with E-state index in [2.05, 4.69) is 40.6 Å². The van der Waals surface area contributed by atoms with Crippen LogP contribution in [0.2, 0.25) is 0 Å². The third kappa shape index (κ3) is 3.69. The highest BCUT2D eigenvalue weighted by Crippen LogP contribution is 2.36. The van der Waals surface area contributed by atoms with E-state index >= 15 is 8.78 Å². The summed E-state index contributed by atoms with van der Waals surface area (Å²) in [6.45, 7) is 2.58. The predicted molar refractivity (Wildman–Crippen MR) is 110 cm³/mol. The van der Waals surface area contributed by atoms with Crippen molar-refractivity contribution in [3.63, 3.8) is 0 Å². The SMILES string of the molecule is Cc1nonc1Cn1nnc2c(N3CCC(N=[N+]=[N-])C3)nc(C(F)(F)c3ccccc3)nc21. The fourth-order valence-electron chi connectivity index (χ4n) is 3.72. The van der Waals surface area contributed by atoms with Crippen LogP contribution in [0.25, 0.3) is 21.6 Å². The molecular weight excluding hydrogens is 436 g/mol. The monoisotopic (exact) mass is 453 g/mol. The van der Waals surface area contributed by atoms with Crippen molar-refractivity contribution in [3.8, 4) is 0 Å². The molecule has 12 nitrogen and oxygen atoms in total. The Morgan fingerprint density at radius 2 is 2.06 bits per heavy atom. The molecule has 1 aliphatic rings. The Morgan fingerprint density at radius 1 is 1.24 bits per heavy atom. The van der Waals surface area contributed by atoms with Crippen LogP contribution < -0.4 is 4.90 Å². The topological polar surface area (TPSA) is 147 Å². The van der Waals surface area contributed by atoms with Crippen LogP contribution in [0.1, 0.15) is 29.2 Å². The van der Waals surface area contributed by atoms with Crippen molar-refractivity contribution in [3.05, 3.63) is 63.6 Å². The van der Waals surface area contributed by atoms with Crippen molar-refractivity contribution in [2.75, 3.05) is 18.0 Å². The molecule has 0 spiro atoms. The van der Waals surface area contributed by atoms with Crippen molar-refractivity contribution in [2.45, 2.75) is 31.9 Å². The van der Waals surface area contributed by atoms with Gasteiger partial charge in [-0.3, -0.25) is 0 Å². The van der Waals surface area contributed by atoms with Crippen molar-refractivity contribution in [1.82, 2.24) is 35.3 Å². The lowest BCUT2D eigenvalue weighted by molar-refractivity contribution is 0.0332. The number of halogens is 2. The van der Waals surface area contributed by atoms with E-state index in [1.165, 1.54) is 28.9 Å². The molecule has 0 saturated carbocycles. The third-order valence-corrected chi connectivity index (χ3v) is 5.49. The molecular formula is C19H17F2N11O. The number of azide groups is 1. The first-order valence-corrected chi connectivity index (χ1v) is 10.1. The molecule has 0 amide bonds. The van der Waals surface area contributed by atoms with Crippen molar-refractivity contribution >= 4 is 17.0 Å². The van der Waals surface area contributed by atoms with Gasteiger partial charge in [-0.05, 0) is 18.9 Å². The Balaban J connectivity index is 1.65. The van der Waals surface area contributed by atoms with Gasteiger partial charge in [-0.15, -0.1) is 5.10 Å². The second kappa shape index (κ2) is 8.06. The van der Waals surface area contributed by atoms with E-state index in [1.807, 2.05) is 0 Å². The quantitative estimate of drug-likeness (QED) is 0.246. The van der Waals surface area contributed by atoms with Crippen molar-refractivity contribution in [2.24, 2.45) is 5.11 Å². The van der Waals surface area contributed by atoms with E-state index in [0.717, 1.165) is 0 Å². The van der Waals surface area contributed by atoms with Gasteiger partial charge in [0.15, 0.2) is 17.0 Å². The van der Waals surface area contributed by atoms with Gasteiger partial charge >= 0.3 is 5.92 Å². The first kappa shape index (κ1) is 20.7. The van der Waals surface area contributed by atoms with Crippen LogP contribution in [0.4, 0.5) is 14.6 Å². The van der Waals surface area contributed by atoms with Gasteiger partial charge in [0.2, 0.25) is 5.82 Å². The molecule has 0 N–H and O–H groups in total. The van der Waals surface area contributed by atoms with Gasteiger partial charge in [-0.2, -0.15) is 8.78 Å². The molecule has 4 heterocycles. The maximum Gasteiger partial charge on any atom is 0.331 e. The summed E-state index contributed by atoms with van der Waals surface area (Å²) >= 11 is 0. The van der Waals surface area contributed by atoms with Crippen LogP contribution in [-0.2, 0) is 12.5 Å². The van der Waals surface area contributed by atoms with Gasteiger partial charge in [0.1, 0.15) is 11.4 Å². The number of hydrogen-bond acceptors (Lipinski definition) is 9. The zero-order valence-electron chi connectivity index (χ0n) is 17.4. The van der Waals surface area contributed by atoms with Gasteiger partial charge in [0, 0.05) is 23.6 Å². The average molecular weight is 453 g/mol. The number of alkyl halides is 2. The van der Waals surface area contributed by atoms with Crippen LogP contribution >= 0.6 is 0 Å². The number of aromatic nitrogens is 7. The standard InChI is InChI=1S/C19H17F2N11O/c1-11-14(28-33-27-11)10-32-17-15(26-30-32)16(31-8-7-13(9-31)25-29-22)23-18(24-17)19(20,21)12-5-3-2-4-6-12/h2-6,13H,7-10H2,1H3. The molecule has 1 atom stereocenters. The Labute approximate surface area is 184 Å². The summed E-state index contributed by atoms with van der Waals surface area (Å²) in [6, 6.07) is 7.06. The molecule has 3 aromatic heterocycles. The molecule has 1 aromatic carbocycles. The summed E-state index contributed by atoms with van der Waals surface area (Å²) in [5.74, 6) is -3.93. The molecule has 1 saturated heterocycles. The molecule has 5 rings (SSSR count). The van der Waals surface area contributed by atoms with E-state index < -0.39 is 11.7 Å². The lowest BCUT2D eigenvalue weighted by Crippen LogP contribution is -2.26. The fourth-order valence-corrected chi connectivity index (χ4v) is 3.72. The minimum Gasteiger partial charge on any atom is -0.354 e. The molecule has 0 radical (unpaired) electrons. The smallest absolute Gasteiger partial charge is 0.331 e. The molecule has 33 heavy (non-hydrogen) atoms. The first-order chi connectivity index (χ1) is 16.0. The highest BCUT2D eigenvalue weighted by molar-refractivity contribution is 5.83. The number of rotatable bonds is 6. The largest absolute Gasteiger partial charge is 0.354 e. The maximum absolute atomic E-state index is 15.5. The minimum absolute atomic E-state index is 0.0833. The third-order valence-electron chi connectivity index (χ3n) is 5.49. The number of benzene rings is 1. The Hall–Kier alpha value is -4.19. The Kier molecular flexibility index (Phi) is 5.05. The summed E-state index contributed by atoms with van der Waals surface area (Å²) in [7, 11) is 0. The van der Waals surface area contributed by atoms with Gasteiger partial charge in [-0.25, -0.2) is 19.3 Å². The summed E-state index contributed by atoms with van der Waals surface area (Å²) in [4.78, 5) is 13.0. The molecule has 1 unspecified atom stereocenters. The first-order valence-electron chi connectivity index (χ1n) is 10.1. The highest BCUT2D eigenvalue weighted by atomic mass is 19.3. The number of nitrogens with zero attached hydrogens (tertiary/aromatic N) is 11. The zero-order valence-corrected chi connectivity index (χ0v) is 17.4. The van der Waals surface area contributed by atoms with Crippen LogP contribution in [0.3, 0.4) is 0 Å². The molecule has 1 aliphatic heterocycles. The van der Waals surface area contributed by atoms with E-state index in [4.69, 9.17) is 10.2 Å². The van der Waals surface area contributed by atoms with Gasteiger partial charge in [0.05, 0.1) is 12.6 Å². The Bertz CT molecular complexity index is 1350. The van der Waals surface area contributed by atoms with Crippen molar-refractivity contribution in [1.29, 1.82) is 0 Å². The molecule has 168 valence electrons. The number of aryl methyl sites for hydroxylation is 1. The lowest BCUT2D eigenvalue weighted by Gasteiger charge is -2.20. The lowest BCUT2D eigenvalue weighted by atomic mass is 10.1. The highest BCUT2D eigenvalue weighted by Gasteiger charge is 2.40. The number of anilines is 1.